The van der Waals surface area contributed by atoms with Gasteiger partial charge in [-0.1, -0.05) is 6.07 Å². The van der Waals surface area contributed by atoms with Crippen molar-refractivity contribution in [1.29, 1.82) is 0 Å². The molecule has 0 saturated carbocycles. The molecule has 0 spiro atoms. The number of alkyl halides is 2. The minimum absolute atomic E-state index is 0.227. The monoisotopic (exact) mass is 213 g/mol. The highest BCUT2D eigenvalue weighted by atomic mass is 19.3. The van der Waals surface area contributed by atoms with Crippen LogP contribution in [0.2, 0.25) is 0 Å². The molecular formula is C11H13F2NO. The molecule has 0 N–H and O–H groups in total. The molecule has 2 nitrogen and oxygen atoms in total. The molecule has 15 heavy (non-hydrogen) atoms. The fourth-order valence-corrected chi connectivity index (χ4v) is 1.91. The Morgan fingerprint density at radius 1 is 1.47 bits per heavy atom. The molecular weight excluding hydrogens is 200 g/mol. The molecule has 1 aromatic carbocycles. The highest BCUT2D eigenvalue weighted by molar-refractivity contribution is 5.61. The average molecular weight is 213 g/mol. The quantitative estimate of drug-likeness (QED) is 0.748. The third kappa shape index (κ3) is 1.89. The minimum Gasteiger partial charge on any atom is -0.435 e. The Kier molecular flexibility index (Phi) is 2.50. The molecule has 1 atom stereocenters. The summed E-state index contributed by atoms with van der Waals surface area (Å²) in [5, 5.41) is 0. The summed E-state index contributed by atoms with van der Waals surface area (Å²) >= 11 is 0. The van der Waals surface area contributed by atoms with Crippen molar-refractivity contribution >= 4 is 5.69 Å². The van der Waals surface area contributed by atoms with Crippen LogP contribution in [0.3, 0.4) is 0 Å². The van der Waals surface area contributed by atoms with E-state index < -0.39 is 6.61 Å². The maximum atomic E-state index is 12.0. The van der Waals surface area contributed by atoms with E-state index in [1.54, 1.807) is 12.1 Å². The molecule has 1 heterocycles. The second kappa shape index (κ2) is 3.68. The van der Waals surface area contributed by atoms with Gasteiger partial charge >= 0.3 is 6.61 Å². The van der Waals surface area contributed by atoms with Crippen molar-refractivity contribution in [2.75, 3.05) is 11.9 Å². The van der Waals surface area contributed by atoms with E-state index in [2.05, 4.69) is 16.6 Å². The molecule has 0 aromatic heterocycles. The van der Waals surface area contributed by atoms with Gasteiger partial charge in [-0.15, -0.1) is 0 Å². The lowest BCUT2D eigenvalue weighted by atomic mass is 10.1. The van der Waals surface area contributed by atoms with Gasteiger partial charge in [0.25, 0.3) is 0 Å². The molecule has 1 aliphatic heterocycles. The number of ether oxygens (including phenoxy) is 1. The highest BCUT2D eigenvalue weighted by Gasteiger charge is 2.23. The molecule has 0 saturated heterocycles. The lowest BCUT2D eigenvalue weighted by molar-refractivity contribution is -0.0498. The molecule has 2 rings (SSSR count). The van der Waals surface area contributed by atoms with Crippen molar-refractivity contribution in [1.82, 2.24) is 0 Å². The first-order valence-corrected chi connectivity index (χ1v) is 4.88. The third-order valence-electron chi connectivity index (χ3n) is 2.84. The smallest absolute Gasteiger partial charge is 0.387 e. The largest absolute Gasteiger partial charge is 0.435 e. The van der Waals surface area contributed by atoms with Crippen LogP contribution in [0.25, 0.3) is 0 Å². The Bertz CT molecular complexity index is 368. The number of hydrogen-bond acceptors (Lipinski definition) is 2. The number of anilines is 1. The number of likely N-dealkylation sites (N-methyl/N-ethyl adjacent to an activating group) is 1. The first kappa shape index (κ1) is 10.2. The van der Waals surface area contributed by atoms with Crippen LogP contribution in [-0.2, 0) is 6.42 Å². The molecule has 1 unspecified atom stereocenters. The normalized spacial score (nSPS) is 19.5. The Morgan fingerprint density at radius 3 is 2.87 bits per heavy atom. The van der Waals surface area contributed by atoms with Gasteiger partial charge in [-0.2, -0.15) is 8.78 Å². The second-order valence-corrected chi connectivity index (χ2v) is 3.83. The van der Waals surface area contributed by atoms with Crippen molar-refractivity contribution in [3.63, 3.8) is 0 Å². The van der Waals surface area contributed by atoms with Crippen LogP contribution in [0.5, 0.6) is 5.75 Å². The number of fused-ring (bicyclic) bond motifs is 1. The summed E-state index contributed by atoms with van der Waals surface area (Å²) in [4.78, 5) is 2.08. The topological polar surface area (TPSA) is 12.5 Å². The molecule has 82 valence electrons. The maximum Gasteiger partial charge on any atom is 0.387 e. The lowest BCUT2D eigenvalue weighted by Gasteiger charge is -2.18. The van der Waals surface area contributed by atoms with Crippen molar-refractivity contribution in [2.24, 2.45) is 0 Å². The predicted octanol–water partition coefficient (Wildman–Crippen LogP) is 2.67. The fraction of sp³-hybridized carbons (Fsp3) is 0.455. The molecule has 1 aromatic rings. The van der Waals surface area contributed by atoms with Crippen molar-refractivity contribution in [2.45, 2.75) is 26.0 Å². The van der Waals surface area contributed by atoms with Gasteiger partial charge in [0.2, 0.25) is 0 Å². The Hall–Kier alpha value is -1.32. The summed E-state index contributed by atoms with van der Waals surface area (Å²) in [6.07, 6.45) is 0.959. The number of halogens is 2. The van der Waals surface area contributed by atoms with E-state index in [0.717, 1.165) is 12.1 Å². The molecule has 1 aliphatic rings. The van der Waals surface area contributed by atoms with E-state index in [1.807, 2.05) is 13.1 Å². The van der Waals surface area contributed by atoms with Gasteiger partial charge in [0.15, 0.2) is 0 Å². The first-order chi connectivity index (χ1) is 7.08. The summed E-state index contributed by atoms with van der Waals surface area (Å²) < 4.78 is 28.4. The van der Waals surface area contributed by atoms with Gasteiger partial charge in [-0.3, -0.25) is 0 Å². The molecule has 0 bridgehead atoms. The van der Waals surface area contributed by atoms with Crippen molar-refractivity contribution in [3.8, 4) is 5.75 Å². The predicted molar refractivity (Wildman–Crippen MR) is 54.6 cm³/mol. The summed E-state index contributed by atoms with van der Waals surface area (Å²) in [7, 11) is 1.96. The zero-order chi connectivity index (χ0) is 11.0. The molecule has 0 amide bonds. The number of rotatable bonds is 2. The summed E-state index contributed by atoms with van der Waals surface area (Å²) in [5.41, 5.74) is 2.17. The Labute approximate surface area is 87.5 Å². The van der Waals surface area contributed by atoms with Crippen molar-refractivity contribution in [3.05, 3.63) is 23.8 Å². The Balaban J connectivity index is 2.27. The van der Waals surface area contributed by atoms with Crippen LogP contribution >= 0.6 is 0 Å². The zero-order valence-corrected chi connectivity index (χ0v) is 8.71. The average Bonchev–Trinajstić information content (AvgIpc) is 2.43. The van der Waals surface area contributed by atoms with Crippen molar-refractivity contribution < 1.29 is 13.5 Å². The number of benzene rings is 1. The van der Waals surface area contributed by atoms with E-state index in [0.29, 0.717) is 6.04 Å². The summed E-state index contributed by atoms with van der Waals surface area (Å²) in [6, 6.07) is 5.54. The molecule has 0 aliphatic carbocycles. The second-order valence-electron chi connectivity index (χ2n) is 3.83. The minimum atomic E-state index is -2.76. The molecule has 0 fully saturated rings. The number of hydrogen-bond donors (Lipinski definition) is 0. The van der Waals surface area contributed by atoms with Gasteiger partial charge < -0.3 is 9.64 Å². The third-order valence-corrected chi connectivity index (χ3v) is 2.84. The van der Waals surface area contributed by atoms with Crippen LogP contribution in [0.1, 0.15) is 12.5 Å². The standard InChI is InChI=1S/C11H13F2NO/c1-7-5-8-3-4-9(15-11(12)13)6-10(8)14(7)2/h3-4,6-7,11H,5H2,1-2H3. The maximum absolute atomic E-state index is 12.0. The molecule has 0 radical (unpaired) electrons. The Morgan fingerprint density at radius 2 is 2.20 bits per heavy atom. The summed E-state index contributed by atoms with van der Waals surface area (Å²) in [6.45, 7) is -0.652. The van der Waals surface area contributed by atoms with E-state index >= 15 is 0 Å². The highest BCUT2D eigenvalue weighted by Crippen LogP contribution is 2.34. The first-order valence-electron chi connectivity index (χ1n) is 4.88. The van der Waals surface area contributed by atoms with Gasteiger partial charge in [-0.25, -0.2) is 0 Å². The van der Waals surface area contributed by atoms with E-state index in [4.69, 9.17) is 0 Å². The summed E-state index contributed by atoms with van der Waals surface area (Å²) in [5.74, 6) is 0.227. The SMILES string of the molecule is CC1Cc2ccc(OC(F)F)cc2N1C. The van der Waals surface area contributed by atoms with Crippen LogP contribution in [0, 0.1) is 0 Å². The van der Waals surface area contributed by atoms with Gasteiger partial charge in [0, 0.05) is 24.8 Å². The van der Waals surface area contributed by atoms with Crippen LogP contribution in [0.4, 0.5) is 14.5 Å². The van der Waals surface area contributed by atoms with Gasteiger partial charge in [0.05, 0.1) is 0 Å². The van der Waals surface area contributed by atoms with Crippen LogP contribution in [-0.4, -0.2) is 19.7 Å². The van der Waals surface area contributed by atoms with E-state index in [9.17, 15) is 8.78 Å². The van der Waals surface area contributed by atoms with Gasteiger partial charge in [-0.05, 0) is 25.0 Å². The number of nitrogens with zero attached hydrogens (tertiary/aromatic N) is 1. The van der Waals surface area contributed by atoms with Crippen LogP contribution in [0.15, 0.2) is 18.2 Å². The van der Waals surface area contributed by atoms with Gasteiger partial charge in [0.1, 0.15) is 5.75 Å². The van der Waals surface area contributed by atoms with E-state index in [1.165, 1.54) is 5.56 Å². The molecule has 4 heteroatoms. The zero-order valence-electron chi connectivity index (χ0n) is 8.71. The van der Waals surface area contributed by atoms with E-state index in [-0.39, 0.29) is 5.75 Å². The van der Waals surface area contributed by atoms with Crippen LogP contribution < -0.4 is 9.64 Å². The fourth-order valence-electron chi connectivity index (χ4n) is 1.91. The lowest BCUT2D eigenvalue weighted by Crippen LogP contribution is -2.23.